The molecule has 1 aliphatic rings. The summed E-state index contributed by atoms with van der Waals surface area (Å²) in [7, 11) is 0. The number of rotatable bonds is 8. The largest absolute Gasteiger partial charge is 0.330 e. The molecule has 0 heterocycles. The molecule has 0 spiro atoms. The van der Waals surface area contributed by atoms with Crippen LogP contribution in [-0.4, -0.2) is 30.6 Å². The Morgan fingerprint density at radius 3 is 2.35 bits per heavy atom. The summed E-state index contributed by atoms with van der Waals surface area (Å²) in [4.78, 5) is 2.74. The van der Waals surface area contributed by atoms with Gasteiger partial charge in [-0.1, -0.05) is 40.0 Å². The van der Waals surface area contributed by atoms with Crippen molar-refractivity contribution in [2.75, 3.05) is 19.6 Å². The first-order chi connectivity index (χ1) is 8.17. The molecule has 0 amide bonds. The fraction of sp³-hybridized carbons (Fsp3) is 1.00. The lowest BCUT2D eigenvalue weighted by Gasteiger charge is -2.32. The molecule has 0 aromatic carbocycles. The first-order valence-electron chi connectivity index (χ1n) is 7.61. The summed E-state index contributed by atoms with van der Waals surface area (Å²) in [6.45, 7) is 10.3. The van der Waals surface area contributed by atoms with Crippen molar-refractivity contribution in [1.82, 2.24) is 4.90 Å². The lowest BCUT2D eigenvalue weighted by atomic mass is 10.0. The molecule has 2 heteroatoms. The number of nitrogens with zero attached hydrogens (tertiary/aromatic N) is 1. The fourth-order valence-corrected chi connectivity index (χ4v) is 2.82. The van der Waals surface area contributed by atoms with Crippen LogP contribution >= 0.6 is 0 Å². The minimum absolute atomic E-state index is 0.697. The zero-order valence-electron chi connectivity index (χ0n) is 12.1. The quantitative estimate of drug-likeness (QED) is 0.705. The molecule has 1 atom stereocenters. The molecule has 0 aromatic heterocycles. The number of hydrogen-bond acceptors (Lipinski definition) is 2. The van der Waals surface area contributed by atoms with Crippen LogP contribution in [0.1, 0.15) is 59.3 Å². The van der Waals surface area contributed by atoms with Crippen LogP contribution in [0.25, 0.3) is 0 Å². The van der Waals surface area contributed by atoms with Gasteiger partial charge in [0.15, 0.2) is 0 Å². The van der Waals surface area contributed by atoms with Gasteiger partial charge in [-0.15, -0.1) is 0 Å². The Balaban J connectivity index is 2.45. The van der Waals surface area contributed by atoms with Gasteiger partial charge in [-0.3, -0.25) is 0 Å². The van der Waals surface area contributed by atoms with Crippen LogP contribution in [0.2, 0.25) is 0 Å². The van der Waals surface area contributed by atoms with Gasteiger partial charge >= 0.3 is 0 Å². The summed E-state index contributed by atoms with van der Waals surface area (Å²) in [5, 5.41) is 0. The van der Waals surface area contributed by atoms with E-state index in [-0.39, 0.29) is 0 Å². The van der Waals surface area contributed by atoms with E-state index in [9.17, 15) is 0 Å². The monoisotopic (exact) mass is 240 g/mol. The second-order valence-corrected chi connectivity index (χ2v) is 6.13. The highest BCUT2D eigenvalue weighted by atomic mass is 15.2. The molecule has 2 N–H and O–H groups in total. The van der Waals surface area contributed by atoms with Crippen LogP contribution in [0.4, 0.5) is 0 Å². The van der Waals surface area contributed by atoms with E-state index in [4.69, 9.17) is 5.73 Å². The van der Waals surface area contributed by atoms with Gasteiger partial charge in [-0.2, -0.15) is 0 Å². The molecule has 0 aromatic rings. The van der Waals surface area contributed by atoms with Crippen molar-refractivity contribution in [3.8, 4) is 0 Å². The van der Waals surface area contributed by atoms with E-state index in [0.717, 1.165) is 18.5 Å². The van der Waals surface area contributed by atoms with E-state index in [1.54, 1.807) is 0 Å². The molecule has 0 aliphatic heterocycles. The zero-order chi connectivity index (χ0) is 12.7. The highest BCUT2D eigenvalue weighted by Crippen LogP contribution is 2.25. The maximum Gasteiger partial charge on any atom is 0.00953 e. The van der Waals surface area contributed by atoms with Gasteiger partial charge in [0.05, 0.1) is 0 Å². The van der Waals surface area contributed by atoms with Gasteiger partial charge in [0.1, 0.15) is 0 Å². The molecule has 1 rings (SSSR count). The maximum atomic E-state index is 5.86. The highest BCUT2D eigenvalue weighted by molar-refractivity contribution is 4.79. The summed E-state index contributed by atoms with van der Waals surface area (Å²) in [5.74, 6) is 1.51. The maximum absolute atomic E-state index is 5.86. The summed E-state index contributed by atoms with van der Waals surface area (Å²) in [5.41, 5.74) is 5.86. The SMILES string of the molecule is CCC(CN)CN(CCC(C)C)C1CCCC1. The second-order valence-electron chi connectivity index (χ2n) is 6.13. The van der Waals surface area contributed by atoms with Crippen LogP contribution in [0.5, 0.6) is 0 Å². The molecule has 1 saturated carbocycles. The summed E-state index contributed by atoms with van der Waals surface area (Å²) in [6, 6.07) is 0.856. The molecule has 0 radical (unpaired) electrons. The van der Waals surface area contributed by atoms with Gasteiger partial charge in [-0.25, -0.2) is 0 Å². The Kier molecular flexibility index (Phi) is 7.14. The summed E-state index contributed by atoms with van der Waals surface area (Å²) < 4.78 is 0. The molecule has 2 nitrogen and oxygen atoms in total. The third-order valence-corrected chi connectivity index (χ3v) is 4.24. The summed E-state index contributed by atoms with van der Waals surface area (Å²) >= 11 is 0. The smallest absolute Gasteiger partial charge is 0.00953 e. The first-order valence-corrected chi connectivity index (χ1v) is 7.61. The minimum atomic E-state index is 0.697. The van der Waals surface area contributed by atoms with E-state index in [0.29, 0.717) is 5.92 Å². The van der Waals surface area contributed by atoms with E-state index >= 15 is 0 Å². The lowest BCUT2D eigenvalue weighted by molar-refractivity contribution is 0.159. The van der Waals surface area contributed by atoms with Crippen LogP contribution in [0, 0.1) is 11.8 Å². The van der Waals surface area contributed by atoms with Crippen molar-refractivity contribution in [3.63, 3.8) is 0 Å². The van der Waals surface area contributed by atoms with Crippen molar-refractivity contribution >= 4 is 0 Å². The molecule has 1 unspecified atom stereocenters. The Bertz CT molecular complexity index is 181. The predicted molar refractivity (Wildman–Crippen MR) is 76.1 cm³/mol. The van der Waals surface area contributed by atoms with E-state index in [2.05, 4.69) is 25.7 Å². The molecule has 1 fully saturated rings. The van der Waals surface area contributed by atoms with Crippen molar-refractivity contribution < 1.29 is 0 Å². The molecule has 1 aliphatic carbocycles. The van der Waals surface area contributed by atoms with Crippen LogP contribution in [-0.2, 0) is 0 Å². The number of hydrogen-bond donors (Lipinski definition) is 1. The van der Waals surface area contributed by atoms with Gasteiger partial charge in [0.2, 0.25) is 0 Å². The number of nitrogens with two attached hydrogens (primary N) is 1. The Morgan fingerprint density at radius 2 is 1.88 bits per heavy atom. The molecule has 17 heavy (non-hydrogen) atoms. The van der Waals surface area contributed by atoms with Crippen LogP contribution < -0.4 is 5.73 Å². The highest BCUT2D eigenvalue weighted by Gasteiger charge is 2.24. The van der Waals surface area contributed by atoms with Gasteiger partial charge in [-0.05, 0) is 44.2 Å². The average Bonchev–Trinajstić information content (AvgIpc) is 2.83. The Hall–Kier alpha value is -0.0800. The van der Waals surface area contributed by atoms with Crippen molar-refractivity contribution in [3.05, 3.63) is 0 Å². The molecule has 0 saturated heterocycles. The molecule has 0 bridgehead atoms. The van der Waals surface area contributed by atoms with E-state index < -0.39 is 0 Å². The van der Waals surface area contributed by atoms with Gasteiger partial charge < -0.3 is 10.6 Å². The molecular weight excluding hydrogens is 208 g/mol. The van der Waals surface area contributed by atoms with Gasteiger partial charge in [0.25, 0.3) is 0 Å². The van der Waals surface area contributed by atoms with E-state index in [1.807, 2.05) is 0 Å². The fourth-order valence-electron chi connectivity index (χ4n) is 2.82. The average molecular weight is 240 g/mol. The third-order valence-electron chi connectivity index (χ3n) is 4.24. The third kappa shape index (κ3) is 5.39. The van der Waals surface area contributed by atoms with E-state index in [1.165, 1.54) is 51.6 Å². The minimum Gasteiger partial charge on any atom is -0.330 e. The predicted octanol–water partition coefficient (Wildman–Crippen LogP) is 3.26. The van der Waals surface area contributed by atoms with Crippen molar-refractivity contribution in [2.24, 2.45) is 17.6 Å². The van der Waals surface area contributed by atoms with Gasteiger partial charge in [0, 0.05) is 12.6 Å². The summed E-state index contributed by atoms with van der Waals surface area (Å²) in [6.07, 6.45) is 8.25. The molecule has 102 valence electrons. The first kappa shape index (κ1) is 15.0. The van der Waals surface area contributed by atoms with Crippen LogP contribution in [0.3, 0.4) is 0 Å². The topological polar surface area (TPSA) is 29.3 Å². The lowest BCUT2D eigenvalue weighted by Crippen LogP contribution is -2.40. The normalized spacial score (nSPS) is 19.4. The van der Waals surface area contributed by atoms with Crippen molar-refractivity contribution in [1.29, 1.82) is 0 Å². The molecular formula is C15H32N2. The van der Waals surface area contributed by atoms with Crippen molar-refractivity contribution in [2.45, 2.75) is 65.3 Å². The second kappa shape index (κ2) is 8.10. The standard InChI is InChI=1S/C15H32N2/c1-4-14(11-16)12-17(10-9-13(2)3)15-7-5-6-8-15/h13-15H,4-12,16H2,1-3H3. The Morgan fingerprint density at radius 1 is 1.24 bits per heavy atom. The van der Waals surface area contributed by atoms with Crippen LogP contribution in [0.15, 0.2) is 0 Å². The Labute approximate surface area is 108 Å². The zero-order valence-corrected chi connectivity index (χ0v) is 12.1.